The van der Waals surface area contributed by atoms with E-state index in [0.717, 1.165) is 83.5 Å². The zero-order valence-corrected chi connectivity index (χ0v) is 44.1. The van der Waals surface area contributed by atoms with Gasteiger partial charge in [0.1, 0.15) is 6.61 Å². The van der Waals surface area contributed by atoms with E-state index in [4.69, 9.17) is 9.47 Å². The number of ether oxygens (including phenoxy) is 2. The van der Waals surface area contributed by atoms with Crippen molar-refractivity contribution in [1.82, 2.24) is 0 Å². The highest BCUT2D eigenvalue weighted by atomic mass is 16.6. The minimum absolute atomic E-state index is 0.0724. The Kier molecular flexibility index (Phi) is 54.9. The first-order valence-electron chi connectivity index (χ1n) is 28.6. The highest BCUT2D eigenvalue weighted by Crippen LogP contribution is 2.17. The average molecular weight is 934 g/mol. The Morgan fingerprint density at radius 1 is 0.358 bits per heavy atom. The average Bonchev–Trinajstić information content (AvgIpc) is 3.33. The van der Waals surface area contributed by atoms with Crippen LogP contribution >= 0.6 is 0 Å². The van der Waals surface area contributed by atoms with Crippen LogP contribution in [-0.2, 0) is 19.1 Å². The zero-order valence-electron chi connectivity index (χ0n) is 44.1. The summed E-state index contributed by atoms with van der Waals surface area (Å²) >= 11 is 0. The van der Waals surface area contributed by atoms with Crippen molar-refractivity contribution in [3.05, 3.63) is 85.1 Å². The smallest absolute Gasteiger partial charge is 0.306 e. The van der Waals surface area contributed by atoms with Gasteiger partial charge in [0.2, 0.25) is 0 Å². The lowest BCUT2D eigenvalue weighted by molar-refractivity contribution is -0.161. The lowest BCUT2D eigenvalue weighted by Gasteiger charge is -2.15. The third kappa shape index (κ3) is 55.6. The molecule has 0 rings (SSSR count). The van der Waals surface area contributed by atoms with Crippen LogP contribution in [0.5, 0.6) is 0 Å². The normalized spacial score (nSPS) is 12.8. The van der Waals surface area contributed by atoms with E-state index in [1.807, 2.05) is 0 Å². The van der Waals surface area contributed by atoms with Crippen molar-refractivity contribution in [2.45, 2.75) is 283 Å². The molecular formula is C62H108O5. The summed E-state index contributed by atoms with van der Waals surface area (Å²) in [6, 6.07) is 0. The number of aliphatic hydroxyl groups excluding tert-OH is 1. The van der Waals surface area contributed by atoms with Crippen molar-refractivity contribution in [3.63, 3.8) is 0 Å². The fourth-order valence-corrected chi connectivity index (χ4v) is 8.13. The maximum absolute atomic E-state index is 12.3. The van der Waals surface area contributed by atoms with Gasteiger partial charge in [0, 0.05) is 12.8 Å². The van der Waals surface area contributed by atoms with E-state index in [9.17, 15) is 14.7 Å². The summed E-state index contributed by atoms with van der Waals surface area (Å²) in [4.78, 5) is 24.4. The number of rotatable bonds is 52. The lowest BCUT2D eigenvalue weighted by atomic mass is 10.0. The molecule has 0 aliphatic carbocycles. The van der Waals surface area contributed by atoms with Crippen LogP contribution in [0.15, 0.2) is 85.1 Å². The molecule has 0 saturated heterocycles. The van der Waals surface area contributed by atoms with Crippen molar-refractivity contribution in [1.29, 1.82) is 0 Å². The van der Waals surface area contributed by atoms with Crippen molar-refractivity contribution < 1.29 is 24.2 Å². The molecule has 0 bridgehead atoms. The summed E-state index contributed by atoms with van der Waals surface area (Å²) in [5, 5.41) is 9.62. The van der Waals surface area contributed by atoms with Gasteiger partial charge in [-0.25, -0.2) is 0 Å². The molecule has 5 nitrogen and oxygen atoms in total. The highest BCUT2D eigenvalue weighted by molar-refractivity contribution is 5.70. The quantitative estimate of drug-likeness (QED) is 0.0374. The number of carbonyl (C=O) groups excluding carboxylic acids is 2. The third-order valence-electron chi connectivity index (χ3n) is 12.4. The van der Waals surface area contributed by atoms with Crippen LogP contribution in [0.25, 0.3) is 0 Å². The number of carbonyl (C=O) groups is 2. The molecule has 0 aromatic rings. The molecule has 386 valence electrons. The van der Waals surface area contributed by atoms with Crippen LogP contribution < -0.4 is 0 Å². The molecule has 67 heavy (non-hydrogen) atoms. The lowest BCUT2D eigenvalue weighted by Crippen LogP contribution is -2.28. The molecule has 0 saturated carbocycles. The second kappa shape index (κ2) is 57.4. The summed E-state index contributed by atoms with van der Waals surface area (Å²) in [6.07, 6.45) is 80.1. The van der Waals surface area contributed by atoms with Crippen LogP contribution in [0.2, 0.25) is 0 Å². The van der Waals surface area contributed by atoms with Gasteiger partial charge in [-0.15, -0.1) is 0 Å². The van der Waals surface area contributed by atoms with Crippen LogP contribution in [0.3, 0.4) is 0 Å². The fourth-order valence-electron chi connectivity index (χ4n) is 8.13. The highest BCUT2D eigenvalue weighted by Gasteiger charge is 2.16. The van der Waals surface area contributed by atoms with E-state index in [0.29, 0.717) is 12.8 Å². The van der Waals surface area contributed by atoms with Crippen LogP contribution in [0.4, 0.5) is 0 Å². The van der Waals surface area contributed by atoms with Gasteiger partial charge < -0.3 is 14.6 Å². The van der Waals surface area contributed by atoms with E-state index < -0.39 is 6.10 Å². The van der Waals surface area contributed by atoms with Gasteiger partial charge in [0.25, 0.3) is 0 Å². The topological polar surface area (TPSA) is 72.8 Å². The van der Waals surface area contributed by atoms with Crippen LogP contribution in [-0.4, -0.2) is 36.4 Å². The molecule has 0 aromatic heterocycles. The predicted octanol–water partition coefficient (Wildman–Crippen LogP) is 19.4. The molecule has 0 aliphatic heterocycles. The Labute approximate surface area is 416 Å². The minimum atomic E-state index is -0.778. The number of aliphatic hydroxyl groups is 1. The summed E-state index contributed by atoms with van der Waals surface area (Å²) in [6.45, 7) is 3.99. The summed E-state index contributed by atoms with van der Waals surface area (Å²) in [5.41, 5.74) is 0. The second-order valence-corrected chi connectivity index (χ2v) is 19.0. The molecule has 0 amide bonds. The number of hydrogen-bond acceptors (Lipinski definition) is 5. The van der Waals surface area contributed by atoms with E-state index in [2.05, 4.69) is 98.9 Å². The third-order valence-corrected chi connectivity index (χ3v) is 12.4. The summed E-state index contributed by atoms with van der Waals surface area (Å²) < 4.78 is 10.7. The molecule has 0 spiro atoms. The van der Waals surface area contributed by atoms with Gasteiger partial charge in [-0.1, -0.05) is 266 Å². The van der Waals surface area contributed by atoms with Gasteiger partial charge in [0.05, 0.1) is 6.61 Å². The molecule has 0 fully saturated rings. The number of esters is 2. The second-order valence-electron chi connectivity index (χ2n) is 19.0. The zero-order chi connectivity index (χ0) is 48.5. The number of unbranched alkanes of at least 4 members (excludes halogenated alkanes) is 30. The molecular weight excluding hydrogens is 825 g/mol. The van der Waals surface area contributed by atoms with Crippen LogP contribution in [0, 0.1) is 0 Å². The largest absolute Gasteiger partial charge is 0.462 e. The Morgan fingerprint density at radius 2 is 0.642 bits per heavy atom. The monoisotopic (exact) mass is 933 g/mol. The Hall–Kier alpha value is -2.92. The molecule has 1 unspecified atom stereocenters. The standard InChI is InChI=1S/C62H108O5/c1-3-5-7-9-11-13-15-17-19-20-21-22-23-24-25-26-27-28-29-30-31-32-33-34-35-36-37-38-39-40-41-42-43-45-47-49-51-53-55-57-62(65)67-60(58-63)59-66-61(64)56-54-52-50-48-46-44-18-16-14-12-10-8-6-4-2/h5,7,10-13,16-19,21-22,24-25,60,63H,3-4,6,8-9,14-15,20,23,26-59H2,1-2H3/b7-5-,12-10-,13-11-,18-16-,19-17-,22-21-,25-24-. The summed E-state index contributed by atoms with van der Waals surface area (Å²) in [7, 11) is 0. The first kappa shape index (κ1) is 64.1. The van der Waals surface area contributed by atoms with Gasteiger partial charge >= 0.3 is 11.9 Å². The number of allylic oxidation sites excluding steroid dienone is 14. The Balaban J connectivity index is 3.42. The minimum Gasteiger partial charge on any atom is -0.462 e. The maximum Gasteiger partial charge on any atom is 0.306 e. The van der Waals surface area contributed by atoms with Crippen molar-refractivity contribution in [2.75, 3.05) is 13.2 Å². The van der Waals surface area contributed by atoms with Crippen molar-refractivity contribution in [3.8, 4) is 0 Å². The molecule has 0 aromatic carbocycles. The Morgan fingerprint density at radius 3 is 0.970 bits per heavy atom. The molecule has 1 atom stereocenters. The van der Waals surface area contributed by atoms with Crippen LogP contribution in [0.1, 0.15) is 277 Å². The van der Waals surface area contributed by atoms with E-state index >= 15 is 0 Å². The first-order chi connectivity index (χ1) is 33.1. The number of hydrogen-bond donors (Lipinski definition) is 1. The molecule has 1 N–H and O–H groups in total. The predicted molar refractivity (Wildman–Crippen MR) is 293 cm³/mol. The van der Waals surface area contributed by atoms with Gasteiger partial charge in [-0.05, 0) is 83.5 Å². The van der Waals surface area contributed by atoms with Crippen molar-refractivity contribution >= 4 is 11.9 Å². The van der Waals surface area contributed by atoms with Gasteiger partial charge in [-0.2, -0.15) is 0 Å². The first-order valence-corrected chi connectivity index (χ1v) is 28.6. The van der Waals surface area contributed by atoms with Gasteiger partial charge in [0.15, 0.2) is 6.10 Å². The van der Waals surface area contributed by atoms with E-state index in [1.165, 1.54) is 167 Å². The molecule has 0 aliphatic rings. The summed E-state index contributed by atoms with van der Waals surface area (Å²) in [5.74, 6) is -0.599. The maximum atomic E-state index is 12.3. The molecule has 0 heterocycles. The van der Waals surface area contributed by atoms with Gasteiger partial charge in [-0.3, -0.25) is 9.59 Å². The SMILES string of the molecule is CC/C=C\C/C=C\C/C=C\C/C=C\C/C=C\CCCCCCCCCCCCCCCCCCCCCCCCCC(=O)OC(CO)COC(=O)CCCCCCC/C=C\C/C=C\CCCC. The van der Waals surface area contributed by atoms with E-state index in [1.54, 1.807) is 0 Å². The van der Waals surface area contributed by atoms with E-state index in [-0.39, 0.29) is 25.2 Å². The van der Waals surface area contributed by atoms with Crippen molar-refractivity contribution in [2.24, 2.45) is 0 Å². The molecule has 0 radical (unpaired) electrons. The fraction of sp³-hybridized carbons (Fsp3) is 0.742. The Bertz CT molecular complexity index is 1240. The molecule has 5 heteroatoms.